The first kappa shape index (κ1) is 10.3. The largest absolute Gasteiger partial charge is 0.396 e. The number of rotatable bonds is 3. The summed E-state index contributed by atoms with van der Waals surface area (Å²) in [6.07, 6.45) is 4.01. The van der Waals surface area contributed by atoms with Crippen molar-refractivity contribution in [1.29, 1.82) is 0 Å². The summed E-state index contributed by atoms with van der Waals surface area (Å²) in [4.78, 5) is 12.5. The quantitative estimate of drug-likeness (QED) is 0.676. The van der Waals surface area contributed by atoms with Crippen molar-refractivity contribution in [3.8, 4) is 0 Å². The molecule has 3 N–H and O–H groups in total. The molecule has 0 aliphatic carbocycles. The first-order chi connectivity index (χ1) is 6.24. The molecule has 1 aliphatic heterocycles. The number of aliphatic hydroxyl groups excluding tert-OH is 1. The van der Waals surface area contributed by atoms with Crippen molar-refractivity contribution in [2.24, 2.45) is 11.7 Å². The number of nitrogens with two attached hydrogens (primary N) is 1. The van der Waals surface area contributed by atoms with Crippen molar-refractivity contribution in [2.45, 2.75) is 25.7 Å². The number of aliphatic hydroxyl groups is 1. The summed E-state index contributed by atoms with van der Waals surface area (Å²) in [7, 11) is 0. The molecule has 1 heterocycles. The summed E-state index contributed by atoms with van der Waals surface area (Å²) in [6.45, 7) is 1.84. The number of hydrogen-bond acceptors (Lipinski definition) is 2. The average Bonchev–Trinajstić information content (AvgIpc) is 2.15. The Balaban J connectivity index is 2.18. The molecule has 0 aromatic carbocycles. The summed E-state index contributed by atoms with van der Waals surface area (Å²) in [5, 5.41) is 8.65. The number of primary amides is 1. The van der Waals surface area contributed by atoms with Crippen LogP contribution >= 0.6 is 0 Å². The molecule has 0 unspecified atom stereocenters. The lowest BCUT2D eigenvalue weighted by Gasteiger charge is -2.30. The molecule has 1 aliphatic rings. The smallest absolute Gasteiger partial charge is 0.314 e. The Bertz CT molecular complexity index is 165. The zero-order valence-electron chi connectivity index (χ0n) is 7.91. The molecule has 0 bridgehead atoms. The molecule has 4 heteroatoms. The standard InChI is InChI=1S/C9H18N2O2/c10-9(13)11-5-3-8(4-6-11)2-1-7-12/h8,12H,1-7H2,(H2,10,13). The molecule has 1 saturated heterocycles. The fraction of sp³-hybridized carbons (Fsp3) is 0.889. The molecular formula is C9H18N2O2. The van der Waals surface area contributed by atoms with E-state index in [1.165, 1.54) is 0 Å². The molecule has 1 fully saturated rings. The fourth-order valence-electron chi connectivity index (χ4n) is 1.82. The van der Waals surface area contributed by atoms with E-state index in [4.69, 9.17) is 10.8 Å². The van der Waals surface area contributed by atoms with Crippen molar-refractivity contribution in [3.05, 3.63) is 0 Å². The van der Waals surface area contributed by atoms with E-state index < -0.39 is 0 Å². The number of piperidine rings is 1. The first-order valence-corrected chi connectivity index (χ1v) is 4.89. The van der Waals surface area contributed by atoms with Gasteiger partial charge in [-0.3, -0.25) is 0 Å². The summed E-state index contributed by atoms with van der Waals surface area (Å²) < 4.78 is 0. The van der Waals surface area contributed by atoms with Gasteiger partial charge < -0.3 is 15.7 Å². The van der Waals surface area contributed by atoms with E-state index in [0.717, 1.165) is 38.8 Å². The molecular weight excluding hydrogens is 168 g/mol. The third kappa shape index (κ3) is 3.22. The molecule has 76 valence electrons. The van der Waals surface area contributed by atoms with Crippen LogP contribution in [0.25, 0.3) is 0 Å². The Morgan fingerprint density at radius 1 is 1.46 bits per heavy atom. The molecule has 2 amide bonds. The predicted molar refractivity (Wildman–Crippen MR) is 50.2 cm³/mol. The lowest BCUT2D eigenvalue weighted by Crippen LogP contribution is -2.41. The van der Waals surface area contributed by atoms with Crippen LogP contribution in [0.3, 0.4) is 0 Å². The van der Waals surface area contributed by atoms with Gasteiger partial charge >= 0.3 is 6.03 Å². The Kier molecular flexibility index (Phi) is 4.02. The van der Waals surface area contributed by atoms with Gasteiger partial charge in [-0.1, -0.05) is 0 Å². The number of carbonyl (C=O) groups excluding carboxylic acids is 1. The van der Waals surface area contributed by atoms with E-state index in [-0.39, 0.29) is 12.6 Å². The van der Waals surface area contributed by atoms with Crippen LogP contribution in [0.4, 0.5) is 4.79 Å². The van der Waals surface area contributed by atoms with E-state index in [1.807, 2.05) is 0 Å². The molecule has 0 aromatic heterocycles. The Morgan fingerprint density at radius 3 is 2.54 bits per heavy atom. The number of carbonyl (C=O) groups is 1. The van der Waals surface area contributed by atoms with E-state index >= 15 is 0 Å². The van der Waals surface area contributed by atoms with Crippen molar-refractivity contribution < 1.29 is 9.90 Å². The maximum absolute atomic E-state index is 10.8. The molecule has 0 spiro atoms. The molecule has 4 nitrogen and oxygen atoms in total. The molecule has 0 saturated carbocycles. The van der Waals surface area contributed by atoms with Gasteiger partial charge in [0.1, 0.15) is 0 Å². The highest BCUT2D eigenvalue weighted by Gasteiger charge is 2.20. The van der Waals surface area contributed by atoms with Crippen LogP contribution < -0.4 is 5.73 Å². The number of nitrogens with zero attached hydrogens (tertiary/aromatic N) is 1. The fourth-order valence-corrected chi connectivity index (χ4v) is 1.82. The minimum atomic E-state index is -0.305. The van der Waals surface area contributed by atoms with E-state index in [9.17, 15) is 4.79 Å². The zero-order chi connectivity index (χ0) is 9.68. The van der Waals surface area contributed by atoms with Crippen LogP contribution in [0.1, 0.15) is 25.7 Å². The second kappa shape index (κ2) is 5.07. The van der Waals surface area contributed by atoms with Crippen molar-refractivity contribution in [3.63, 3.8) is 0 Å². The van der Waals surface area contributed by atoms with Crippen molar-refractivity contribution in [1.82, 2.24) is 4.90 Å². The third-order valence-corrected chi connectivity index (χ3v) is 2.70. The molecule has 13 heavy (non-hydrogen) atoms. The summed E-state index contributed by atoms with van der Waals surface area (Å²) in [5.74, 6) is 0.669. The number of hydrogen-bond donors (Lipinski definition) is 2. The van der Waals surface area contributed by atoms with Crippen LogP contribution in [0.2, 0.25) is 0 Å². The molecule has 0 radical (unpaired) electrons. The second-order valence-corrected chi connectivity index (χ2v) is 3.63. The maximum Gasteiger partial charge on any atom is 0.314 e. The zero-order valence-corrected chi connectivity index (χ0v) is 7.91. The van der Waals surface area contributed by atoms with Crippen LogP contribution in [-0.4, -0.2) is 35.7 Å². The van der Waals surface area contributed by atoms with E-state index in [1.54, 1.807) is 4.90 Å². The molecule has 1 rings (SSSR count). The highest BCUT2D eigenvalue weighted by Crippen LogP contribution is 2.21. The number of likely N-dealkylation sites (tertiary alicyclic amines) is 1. The third-order valence-electron chi connectivity index (χ3n) is 2.70. The van der Waals surface area contributed by atoms with Gasteiger partial charge in [-0.2, -0.15) is 0 Å². The Hall–Kier alpha value is -0.770. The summed E-state index contributed by atoms with van der Waals surface area (Å²) >= 11 is 0. The summed E-state index contributed by atoms with van der Waals surface area (Å²) in [6, 6.07) is -0.305. The van der Waals surface area contributed by atoms with Gasteiger partial charge in [0, 0.05) is 19.7 Å². The number of urea groups is 1. The van der Waals surface area contributed by atoms with Gasteiger partial charge in [-0.15, -0.1) is 0 Å². The Morgan fingerprint density at radius 2 is 2.08 bits per heavy atom. The van der Waals surface area contributed by atoms with Crippen molar-refractivity contribution >= 4 is 6.03 Å². The van der Waals surface area contributed by atoms with E-state index in [0.29, 0.717) is 5.92 Å². The minimum absolute atomic E-state index is 0.274. The van der Waals surface area contributed by atoms with Gasteiger partial charge in [-0.25, -0.2) is 4.79 Å². The van der Waals surface area contributed by atoms with E-state index in [2.05, 4.69) is 0 Å². The van der Waals surface area contributed by atoms with Gasteiger partial charge in [0.2, 0.25) is 0 Å². The lowest BCUT2D eigenvalue weighted by atomic mass is 9.92. The minimum Gasteiger partial charge on any atom is -0.396 e. The highest BCUT2D eigenvalue weighted by molar-refractivity contribution is 5.72. The van der Waals surface area contributed by atoms with Crippen LogP contribution in [0, 0.1) is 5.92 Å². The highest BCUT2D eigenvalue weighted by atomic mass is 16.2. The first-order valence-electron chi connectivity index (χ1n) is 4.89. The average molecular weight is 186 g/mol. The summed E-state index contributed by atoms with van der Waals surface area (Å²) in [5.41, 5.74) is 5.16. The van der Waals surface area contributed by atoms with Crippen LogP contribution in [-0.2, 0) is 0 Å². The molecule has 0 aromatic rings. The lowest BCUT2D eigenvalue weighted by molar-refractivity contribution is 0.171. The molecule has 0 atom stereocenters. The maximum atomic E-state index is 10.8. The second-order valence-electron chi connectivity index (χ2n) is 3.63. The van der Waals surface area contributed by atoms with Gasteiger partial charge in [0.15, 0.2) is 0 Å². The van der Waals surface area contributed by atoms with Crippen LogP contribution in [0.15, 0.2) is 0 Å². The van der Waals surface area contributed by atoms with Gasteiger partial charge in [0.25, 0.3) is 0 Å². The van der Waals surface area contributed by atoms with Gasteiger partial charge in [0.05, 0.1) is 0 Å². The normalized spacial score (nSPS) is 19.0. The number of amides is 2. The van der Waals surface area contributed by atoms with Crippen LogP contribution in [0.5, 0.6) is 0 Å². The van der Waals surface area contributed by atoms with Crippen molar-refractivity contribution in [2.75, 3.05) is 19.7 Å². The topological polar surface area (TPSA) is 66.6 Å². The Labute approximate surface area is 78.7 Å². The SMILES string of the molecule is NC(=O)N1CCC(CCCO)CC1. The van der Waals surface area contributed by atoms with Gasteiger partial charge in [-0.05, 0) is 31.6 Å². The monoisotopic (exact) mass is 186 g/mol. The predicted octanol–water partition coefficient (Wildman–Crippen LogP) is 0.550.